The summed E-state index contributed by atoms with van der Waals surface area (Å²) < 4.78 is 80.6. The molecule has 0 saturated heterocycles. The molecule has 12 heteroatoms. The van der Waals surface area contributed by atoms with Crippen molar-refractivity contribution in [3.05, 3.63) is 71.7 Å². The molecule has 2 aromatic carbocycles. The highest BCUT2D eigenvalue weighted by Gasteiger charge is 2.35. The zero-order chi connectivity index (χ0) is 24.2. The van der Waals surface area contributed by atoms with E-state index < -0.39 is 47.2 Å². The van der Waals surface area contributed by atoms with Gasteiger partial charge in [0.2, 0.25) is 0 Å². The van der Waals surface area contributed by atoms with Crippen LogP contribution >= 0.6 is 0 Å². The van der Waals surface area contributed by atoms with Crippen molar-refractivity contribution in [2.24, 2.45) is 0 Å². The van der Waals surface area contributed by atoms with E-state index in [4.69, 9.17) is 9.15 Å². The molecule has 1 aromatic heterocycles. The normalized spacial score (nSPS) is 11.2. The highest BCUT2D eigenvalue weighted by Crippen LogP contribution is 2.38. The van der Waals surface area contributed by atoms with Crippen LogP contribution in [0.25, 0.3) is 0 Å². The fourth-order valence-electron chi connectivity index (χ4n) is 2.82. The Morgan fingerprint density at radius 2 is 1.76 bits per heavy atom. The van der Waals surface area contributed by atoms with Crippen molar-refractivity contribution in [2.45, 2.75) is 12.8 Å². The van der Waals surface area contributed by atoms with Gasteiger partial charge in [-0.3, -0.25) is 9.59 Å². The Balaban J connectivity index is 1.92. The second kappa shape index (κ2) is 9.59. The van der Waals surface area contributed by atoms with Gasteiger partial charge in [0.15, 0.2) is 17.3 Å². The highest BCUT2D eigenvalue weighted by molar-refractivity contribution is 6.07. The topological polar surface area (TPSA) is 89.8 Å². The van der Waals surface area contributed by atoms with Crippen LogP contribution < -0.4 is 20.1 Å². The largest absolute Gasteiger partial charge is 0.493 e. The Bertz CT molecular complexity index is 1150. The molecule has 0 unspecified atom stereocenters. The molecule has 174 valence electrons. The monoisotopic (exact) mass is 470 g/mol. The van der Waals surface area contributed by atoms with E-state index >= 15 is 0 Å². The number of furan rings is 1. The summed E-state index contributed by atoms with van der Waals surface area (Å²) in [6.45, 7) is -3.31. The second-order valence-corrected chi connectivity index (χ2v) is 6.36. The van der Waals surface area contributed by atoms with Crippen LogP contribution in [0, 0.1) is 0 Å². The summed E-state index contributed by atoms with van der Waals surface area (Å²) in [5, 5.41) is 4.29. The third-order valence-electron chi connectivity index (χ3n) is 4.23. The maximum absolute atomic E-state index is 13.6. The Hall–Kier alpha value is -4.09. The van der Waals surface area contributed by atoms with Gasteiger partial charge in [0.05, 0.1) is 30.2 Å². The van der Waals surface area contributed by atoms with Crippen molar-refractivity contribution in [3.63, 3.8) is 0 Å². The first kappa shape index (κ1) is 23.6. The number of alkyl halides is 5. The van der Waals surface area contributed by atoms with Crippen LogP contribution in [0.4, 0.5) is 33.3 Å². The van der Waals surface area contributed by atoms with Crippen LogP contribution in [0.5, 0.6) is 11.5 Å². The number of rotatable bonds is 7. The number of halogens is 5. The molecule has 7 nitrogen and oxygen atoms in total. The number of carbonyl (C=O) groups is 2. The van der Waals surface area contributed by atoms with Gasteiger partial charge < -0.3 is 24.5 Å². The second-order valence-electron chi connectivity index (χ2n) is 6.36. The van der Waals surface area contributed by atoms with Crippen molar-refractivity contribution in [3.8, 4) is 11.5 Å². The van der Waals surface area contributed by atoms with Crippen molar-refractivity contribution < 1.29 is 45.4 Å². The van der Waals surface area contributed by atoms with E-state index in [0.717, 1.165) is 25.3 Å². The molecule has 0 fully saturated rings. The van der Waals surface area contributed by atoms with E-state index in [1.165, 1.54) is 30.5 Å². The molecule has 0 saturated carbocycles. The summed E-state index contributed by atoms with van der Waals surface area (Å²) in [7, 11) is 1.15. The van der Waals surface area contributed by atoms with Crippen molar-refractivity contribution >= 4 is 23.2 Å². The minimum Gasteiger partial charge on any atom is -0.493 e. The first-order valence-corrected chi connectivity index (χ1v) is 9.09. The first-order chi connectivity index (χ1) is 15.6. The zero-order valence-electron chi connectivity index (χ0n) is 16.7. The molecule has 3 rings (SSSR count). The Labute approximate surface area is 183 Å². The minimum absolute atomic E-state index is 0.120. The zero-order valence-corrected chi connectivity index (χ0v) is 16.7. The summed E-state index contributed by atoms with van der Waals surface area (Å²) in [4.78, 5) is 24.7. The lowest BCUT2D eigenvalue weighted by atomic mass is 10.1. The Morgan fingerprint density at radius 3 is 2.36 bits per heavy atom. The number of methoxy groups -OCH3 is 1. The summed E-state index contributed by atoms with van der Waals surface area (Å²) in [5.41, 5.74) is -2.65. The Kier molecular flexibility index (Phi) is 6.85. The standard InChI is InChI=1S/C21H15F5N2O5/c1-31-15-5-2-4-12(17(15)33-20(22)23)18(29)28-14-8-7-11(10-13(14)21(24,25)26)27-19(30)16-6-3-9-32-16/h2-10,20H,1H3,(H,27,30)(H,28,29). The molecular formula is C21H15F5N2O5. The van der Waals surface area contributed by atoms with Gasteiger partial charge in [-0.15, -0.1) is 0 Å². The van der Waals surface area contributed by atoms with E-state index in [1.54, 1.807) is 0 Å². The quantitative estimate of drug-likeness (QED) is 0.451. The molecule has 2 amide bonds. The van der Waals surface area contributed by atoms with E-state index in [2.05, 4.69) is 10.1 Å². The number of hydrogen-bond donors (Lipinski definition) is 2. The van der Waals surface area contributed by atoms with Gasteiger partial charge in [0, 0.05) is 5.69 Å². The van der Waals surface area contributed by atoms with E-state index in [1.807, 2.05) is 5.32 Å². The summed E-state index contributed by atoms with van der Waals surface area (Å²) in [6.07, 6.45) is -3.70. The van der Waals surface area contributed by atoms with Crippen molar-refractivity contribution in [1.29, 1.82) is 0 Å². The van der Waals surface area contributed by atoms with Gasteiger partial charge in [-0.05, 0) is 42.5 Å². The molecule has 0 atom stereocenters. The number of ether oxygens (including phenoxy) is 2. The first-order valence-electron chi connectivity index (χ1n) is 9.09. The average Bonchev–Trinajstić information content (AvgIpc) is 3.29. The predicted octanol–water partition coefficient (Wildman–Crippen LogP) is 5.41. The minimum atomic E-state index is -4.93. The molecule has 0 aliphatic carbocycles. The van der Waals surface area contributed by atoms with Crippen LogP contribution in [-0.2, 0) is 6.18 Å². The molecule has 0 aliphatic heterocycles. The number of para-hydroxylation sites is 1. The van der Waals surface area contributed by atoms with Crippen LogP contribution in [0.15, 0.2) is 59.2 Å². The van der Waals surface area contributed by atoms with E-state index in [-0.39, 0.29) is 17.2 Å². The molecule has 1 heterocycles. The smallest absolute Gasteiger partial charge is 0.418 e. The number of anilines is 2. The molecule has 2 N–H and O–H groups in total. The van der Waals surface area contributed by atoms with Crippen molar-refractivity contribution in [1.82, 2.24) is 0 Å². The lowest BCUT2D eigenvalue weighted by Gasteiger charge is -2.17. The van der Waals surface area contributed by atoms with Gasteiger partial charge in [-0.25, -0.2) is 0 Å². The molecule has 0 spiro atoms. The van der Waals surface area contributed by atoms with E-state index in [9.17, 15) is 31.5 Å². The number of carbonyl (C=O) groups excluding carboxylic acids is 2. The van der Waals surface area contributed by atoms with Crippen LogP contribution in [0.1, 0.15) is 26.5 Å². The average molecular weight is 470 g/mol. The van der Waals surface area contributed by atoms with Gasteiger partial charge in [-0.1, -0.05) is 6.07 Å². The maximum Gasteiger partial charge on any atom is 0.418 e. The van der Waals surface area contributed by atoms with Crippen LogP contribution in [-0.4, -0.2) is 25.5 Å². The predicted molar refractivity (Wildman–Crippen MR) is 106 cm³/mol. The SMILES string of the molecule is COc1cccc(C(=O)Nc2ccc(NC(=O)c3ccco3)cc2C(F)(F)F)c1OC(F)F. The molecular weight excluding hydrogens is 455 g/mol. The van der Waals surface area contributed by atoms with Gasteiger partial charge in [0.25, 0.3) is 11.8 Å². The van der Waals surface area contributed by atoms with E-state index in [0.29, 0.717) is 6.07 Å². The third kappa shape index (κ3) is 5.59. The number of nitrogens with one attached hydrogen (secondary N) is 2. The molecule has 33 heavy (non-hydrogen) atoms. The molecule has 0 aliphatic rings. The highest BCUT2D eigenvalue weighted by atomic mass is 19.4. The van der Waals surface area contributed by atoms with Crippen molar-refractivity contribution in [2.75, 3.05) is 17.7 Å². The molecule has 3 aromatic rings. The fourth-order valence-corrected chi connectivity index (χ4v) is 2.82. The Morgan fingerprint density at radius 1 is 1.00 bits per heavy atom. The number of hydrogen-bond acceptors (Lipinski definition) is 5. The summed E-state index contributed by atoms with van der Waals surface area (Å²) in [6, 6.07) is 9.00. The summed E-state index contributed by atoms with van der Waals surface area (Å²) >= 11 is 0. The third-order valence-corrected chi connectivity index (χ3v) is 4.23. The lowest BCUT2D eigenvalue weighted by Crippen LogP contribution is -2.19. The van der Waals surface area contributed by atoms with Gasteiger partial charge in [0.1, 0.15) is 0 Å². The molecule has 0 bridgehead atoms. The number of benzene rings is 2. The fraction of sp³-hybridized carbons (Fsp3) is 0.143. The van der Waals surface area contributed by atoms with Crippen LogP contribution in [0.3, 0.4) is 0 Å². The maximum atomic E-state index is 13.6. The summed E-state index contributed by atoms with van der Waals surface area (Å²) in [5.74, 6) is -2.90. The number of amides is 2. The van der Waals surface area contributed by atoms with Gasteiger partial charge >= 0.3 is 12.8 Å². The van der Waals surface area contributed by atoms with Crippen LogP contribution in [0.2, 0.25) is 0 Å². The van der Waals surface area contributed by atoms with Gasteiger partial charge in [-0.2, -0.15) is 22.0 Å². The lowest BCUT2D eigenvalue weighted by molar-refractivity contribution is -0.136. The molecule has 0 radical (unpaired) electrons.